The van der Waals surface area contributed by atoms with E-state index in [0.717, 1.165) is 39.4 Å². The molecule has 1 aliphatic carbocycles. The third kappa shape index (κ3) is 5.89. The number of fused-ring (bicyclic) bond motifs is 6. The lowest BCUT2D eigenvalue weighted by atomic mass is 9.67. The van der Waals surface area contributed by atoms with Gasteiger partial charge in [-0.1, -0.05) is 139 Å². The molecule has 0 aliphatic heterocycles. The minimum absolute atomic E-state index is 0.277. The Bertz CT molecular complexity index is 3110. The zero-order chi connectivity index (χ0) is 39.9. The molecule has 0 spiro atoms. The van der Waals surface area contributed by atoms with Crippen molar-refractivity contribution >= 4 is 38.9 Å². The zero-order valence-corrected chi connectivity index (χ0v) is 32.6. The smallest absolute Gasteiger partial charge is 0.123 e. The average Bonchev–Trinajstić information content (AvgIpc) is 3.78. The van der Waals surface area contributed by atoms with E-state index in [4.69, 9.17) is 6.42 Å². The largest absolute Gasteiger partial charge is 0.310 e. The maximum Gasteiger partial charge on any atom is 0.123 e. The molecule has 1 unspecified atom stereocenters. The summed E-state index contributed by atoms with van der Waals surface area (Å²) in [4.78, 5) is 2.22. The molecule has 8 aromatic carbocycles. The number of para-hydroxylation sites is 2. The maximum atomic E-state index is 14.5. The number of nitrogens with zero attached hydrogens (tertiary/aromatic N) is 2. The zero-order valence-electron chi connectivity index (χ0n) is 32.6. The second-order valence-electron chi connectivity index (χ2n) is 15.0. The molecule has 1 heterocycles. The number of rotatable bonds is 8. The van der Waals surface area contributed by atoms with Crippen molar-refractivity contribution < 1.29 is 4.39 Å². The highest BCUT2D eigenvalue weighted by atomic mass is 19.1. The van der Waals surface area contributed by atoms with Crippen LogP contribution < -0.4 is 4.90 Å². The molecular formula is C56H39FN2. The molecular weight excluding hydrogens is 720 g/mol. The Morgan fingerprint density at radius 1 is 0.576 bits per heavy atom. The predicted molar refractivity (Wildman–Crippen MR) is 244 cm³/mol. The number of terminal acetylenes is 1. The Hall–Kier alpha value is -7.67. The van der Waals surface area contributed by atoms with Crippen LogP contribution in [0.1, 0.15) is 23.6 Å². The van der Waals surface area contributed by atoms with Crippen LogP contribution in [-0.2, 0) is 5.41 Å². The second kappa shape index (κ2) is 14.7. The fraction of sp³-hybridized carbons (Fsp3) is 0.0357. The Morgan fingerprint density at radius 3 is 1.95 bits per heavy atom. The van der Waals surface area contributed by atoms with E-state index in [-0.39, 0.29) is 5.82 Å². The SMILES string of the molecule is C#C/C=C\C=C(/C)C1(c2ccccc2)c2ccccc2-c2ccc(N(c3ccc(F)cc3)c3ccc(-c4ccc5c(c4)c4ccccc4n5-c4ccccc4)cc3)cc21. The summed E-state index contributed by atoms with van der Waals surface area (Å²) in [6.07, 6.45) is 11.5. The van der Waals surface area contributed by atoms with Gasteiger partial charge in [0.2, 0.25) is 0 Å². The number of anilines is 3. The van der Waals surface area contributed by atoms with E-state index in [1.54, 1.807) is 6.08 Å². The molecule has 0 radical (unpaired) electrons. The first kappa shape index (κ1) is 35.7. The quantitative estimate of drug-likeness (QED) is 0.111. The highest BCUT2D eigenvalue weighted by molar-refractivity contribution is 6.10. The number of halogens is 1. The van der Waals surface area contributed by atoms with E-state index in [1.807, 2.05) is 18.2 Å². The topological polar surface area (TPSA) is 8.17 Å². The fourth-order valence-electron chi connectivity index (χ4n) is 9.28. The summed E-state index contributed by atoms with van der Waals surface area (Å²) in [5.41, 5.74) is 15.1. The van der Waals surface area contributed by atoms with Gasteiger partial charge in [-0.2, -0.15) is 0 Å². The van der Waals surface area contributed by atoms with Gasteiger partial charge in [0.05, 0.1) is 16.4 Å². The van der Waals surface area contributed by atoms with Crippen LogP contribution in [0.2, 0.25) is 0 Å². The van der Waals surface area contributed by atoms with Crippen LogP contribution in [0.3, 0.4) is 0 Å². The van der Waals surface area contributed by atoms with E-state index >= 15 is 0 Å². The molecule has 0 N–H and O–H groups in total. The fourth-order valence-corrected chi connectivity index (χ4v) is 9.28. The van der Waals surface area contributed by atoms with Gasteiger partial charge >= 0.3 is 0 Å². The molecule has 0 saturated carbocycles. The van der Waals surface area contributed by atoms with E-state index < -0.39 is 5.41 Å². The van der Waals surface area contributed by atoms with Crippen LogP contribution in [-0.4, -0.2) is 4.57 Å². The number of benzene rings is 8. The molecule has 1 aromatic heterocycles. The molecule has 1 aliphatic rings. The molecule has 10 rings (SSSR count). The standard InChI is InChI=1S/C56H39FN2/c1-3-4-7-16-39(2)56(42-17-8-5-9-18-42)52-23-14-12-21-48(52)49-35-34-47(38-53(49)56)58(46-32-28-43(57)29-33-46)45-30-25-40(26-31-45)41-27-36-55-51(37-41)50-22-13-15-24-54(50)59(55)44-19-10-6-11-20-44/h1,4-38H,2H3/b7-4-,39-16+. The molecule has 0 bridgehead atoms. The van der Waals surface area contributed by atoms with Gasteiger partial charge in [-0.25, -0.2) is 4.39 Å². The van der Waals surface area contributed by atoms with Crippen molar-refractivity contribution in [2.24, 2.45) is 0 Å². The second-order valence-corrected chi connectivity index (χ2v) is 15.0. The molecule has 1 atom stereocenters. The number of allylic oxidation sites excluding steroid dienone is 4. The first-order valence-corrected chi connectivity index (χ1v) is 19.9. The van der Waals surface area contributed by atoms with Gasteiger partial charge in [0.25, 0.3) is 0 Å². The molecule has 280 valence electrons. The van der Waals surface area contributed by atoms with Crippen molar-refractivity contribution in [1.82, 2.24) is 4.57 Å². The number of aromatic nitrogens is 1. The summed E-state index contributed by atoms with van der Waals surface area (Å²) in [6, 6.07) is 67.5. The van der Waals surface area contributed by atoms with E-state index in [9.17, 15) is 4.39 Å². The normalized spacial score (nSPS) is 14.7. The van der Waals surface area contributed by atoms with Crippen molar-refractivity contribution in [3.63, 3.8) is 0 Å². The molecule has 2 nitrogen and oxygen atoms in total. The molecule has 9 aromatic rings. The Kier molecular flexibility index (Phi) is 8.89. The monoisotopic (exact) mass is 758 g/mol. The summed E-state index contributed by atoms with van der Waals surface area (Å²) in [7, 11) is 0. The highest BCUT2D eigenvalue weighted by Gasteiger charge is 2.46. The minimum atomic E-state index is -0.581. The summed E-state index contributed by atoms with van der Waals surface area (Å²) < 4.78 is 16.8. The van der Waals surface area contributed by atoms with Crippen LogP contribution in [0.5, 0.6) is 0 Å². The Morgan fingerprint density at radius 2 is 1.19 bits per heavy atom. The van der Waals surface area contributed by atoms with Crippen molar-refractivity contribution in [1.29, 1.82) is 0 Å². The van der Waals surface area contributed by atoms with Crippen LogP contribution in [0, 0.1) is 18.2 Å². The number of hydrogen-bond donors (Lipinski definition) is 0. The van der Waals surface area contributed by atoms with Gasteiger partial charge < -0.3 is 9.47 Å². The molecule has 3 heteroatoms. The summed E-state index contributed by atoms with van der Waals surface area (Å²) in [6.45, 7) is 2.19. The van der Waals surface area contributed by atoms with E-state index in [2.05, 4.69) is 198 Å². The first-order chi connectivity index (χ1) is 29.1. The minimum Gasteiger partial charge on any atom is -0.310 e. The molecule has 59 heavy (non-hydrogen) atoms. The molecule has 0 fully saturated rings. The van der Waals surface area contributed by atoms with E-state index in [1.165, 1.54) is 61.8 Å². The highest BCUT2D eigenvalue weighted by Crippen LogP contribution is 2.57. The van der Waals surface area contributed by atoms with Crippen LogP contribution in [0.4, 0.5) is 21.5 Å². The lowest BCUT2D eigenvalue weighted by Crippen LogP contribution is -2.28. The summed E-state index contributed by atoms with van der Waals surface area (Å²) >= 11 is 0. The van der Waals surface area contributed by atoms with Gasteiger partial charge in [-0.3, -0.25) is 0 Å². The Labute approximate surface area is 344 Å². The first-order valence-electron chi connectivity index (χ1n) is 19.9. The van der Waals surface area contributed by atoms with Crippen molar-refractivity contribution in [3.05, 3.63) is 240 Å². The van der Waals surface area contributed by atoms with Crippen LogP contribution >= 0.6 is 0 Å². The maximum absolute atomic E-state index is 14.5. The molecule has 0 amide bonds. The average molecular weight is 759 g/mol. The lowest BCUT2D eigenvalue weighted by molar-refractivity contribution is 0.628. The van der Waals surface area contributed by atoms with Crippen LogP contribution in [0.25, 0.3) is 49.7 Å². The van der Waals surface area contributed by atoms with Crippen molar-refractivity contribution in [2.75, 3.05) is 4.90 Å². The Balaban J connectivity index is 1.12. The van der Waals surface area contributed by atoms with Gasteiger partial charge in [0.1, 0.15) is 5.82 Å². The number of hydrogen-bond acceptors (Lipinski definition) is 1. The van der Waals surface area contributed by atoms with Gasteiger partial charge in [-0.05, 0) is 131 Å². The van der Waals surface area contributed by atoms with Crippen molar-refractivity contribution in [2.45, 2.75) is 12.3 Å². The lowest BCUT2D eigenvalue weighted by Gasteiger charge is -2.35. The third-order valence-corrected chi connectivity index (χ3v) is 11.9. The van der Waals surface area contributed by atoms with E-state index in [0.29, 0.717) is 0 Å². The predicted octanol–water partition coefficient (Wildman–Crippen LogP) is 14.5. The van der Waals surface area contributed by atoms with Gasteiger partial charge in [0.15, 0.2) is 0 Å². The molecule has 0 saturated heterocycles. The summed E-state index contributed by atoms with van der Waals surface area (Å²) in [5, 5.41) is 2.42. The van der Waals surface area contributed by atoms with Crippen LogP contribution in [0.15, 0.2) is 218 Å². The van der Waals surface area contributed by atoms with Gasteiger partial charge in [0, 0.05) is 33.5 Å². The van der Waals surface area contributed by atoms with Gasteiger partial charge in [-0.15, -0.1) is 6.42 Å². The van der Waals surface area contributed by atoms with Crippen molar-refractivity contribution in [3.8, 4) is 40.3 Å². The summed E-state index contributed by atoms with van der Waals surface area (Å²) in [5.74, 6) is 2.37. The third-order valence-electron chi connectivity index (χ3n) is 11.9.